The SMILES string of the molecule is N#Cc1ccc2c(c1)c1ccccc1n2-c1cccc(-c2ccccc2-c2c(C#N)cccc2-n2c3ccccc3c3cccc(C#N)c32)c1. The molecule has 0 N–H and O–H groups in total. The van der Waals surface area contributed by atoms with E-state index in [9.17, 15) is 15.8 Å². The number of hydrogen-bond donors (Lipinski definition) is 0. The zero-order valence-electron chi connectivity index (χ0n) is 26.7. The highest BCUT2D eigenvalue weighted by atomic mass is 15.0. The molecule has 0 saturated heterocycles. The van der Waals surface area contributed by atoms with Crippen LogP contribution in [-0.4, -0.2) is 9.13 Å². The normalized spacial score (nSPS) is 11.1. The number of benzene rings is 7. The Labute approximate surface area is 287 Å². The molecule has 0 radical (unpaired) electrons. The second-order valence-corrected chi connectivity index (χ2v) is 12.3. The fourth-order valence-corrected chi connectivity index (χ4v) is 7.55. The predicted molar refractivity (Wildman–Crippen MR) is 200 cm³/mol. The summed E-state index contributed by atoms with van der Waals surface area (Å²) in [5.41, 5.74) is 11.1. The van der Waals surface area contributed by atoms with E-state index in [2.05, 4.69) is 94.1 Å². The molecule has 5 nitrogen and oxygen atoms in total. The van der Waals surface area contributed by atoms with Crippen molar-refractivity contribution in [3.05, 3.63) is 168 Å². The van der Waals surface area contributed by atoms with Gasteiger partial charge in [-0.25, -0.2) is 0 Å². The summed E-state index contributed by atoms with van der Waals surface area (Å²) in [6.45, 7) is 0. The number of hydrogen-bond acceptors (Lipinski definition) is 3. The second kappa shape index (κ2) is 11.4. The van der Waals surface area contributed by atoms with Crippen molar-refractivity contribution < 1.29 is 0 Å². The third kappa shape index (κ3) is 4.24. The van der Waals surface area contributed by atoms with Crippen LogP contribution in [0.1, 0.15) is 16.7 Å². The number of nitriles is 3. The van der Waals surface area contributed by atoms with Gasteiger partial charge in [0.05, 0.1) is 56.6 Å². The summed E-state index contributed by atoms with van der Waals surface area (Å²) >= 11 is 0. The summed E-state index contributed by atoms with van der Waals surface area (Å²) in [7, 11) is 0. The Bertz CT molecular complexity index is 2970. The molecule has 230 valence electrons. The van der Waals surface area contributed by atoms with Gasteiger partial charge in [-0.15, -0.1) is 0 Å². The molecule has 50 heavy (non-hydrogen) atoms. The number of aromatic nitrogens is 2. The van der Waals surface area contributed by atoms with Gasteiger partial charge in [-0.05, 0) is 77.4 Å². The molecular weight excluding hydrogens is 611 g/mol. The van der Waals surface area contributed by atoms with E-state index in [0.29, 0.717) is 16.7 Å². The van der Waals surface area contributed by atoms with Crippen LogP contribution in [0, 0.1) is 34.0 Å². The molecular formula is C45H25N5. The van der Waals surface area contributed by atoms with Crippen molar-refractivity contribution in [2.75, 3.05) is 0 Å². The largest absolute Gasteiger partial charge is 0.309 e. The van der Waals surface area contributed by atoms with Gasteiger partial charge in [0, 0.05) is 32.8 Å². The Morgan fingerprint density at radius 3 is 1.82 bits per heavy atom. The van der Waals surface area contributed by atoms with E-state index in [1.54, 1.807) is 0 Å². The summed E-state index contributed by atoms with van der Waals surface area (Å²) in [4.78, 5) is 0. The van der Waals surface area contributed by atoms with Gasteiger partial charge < -0.3 is 9.13 Å². The van der Waals surface area contributed by atoms with E-state index < -0.39 is 0 Å². The molecule has 0 saturated carbocycles. The fourth-order valence-electron chi connectivity index (χ4n) is 7.55. The van der Waals surface area contributed by atoms with Gasteiger partial charge in [0.15, 0.2) is 0 Å². The smallest absolute Gasteiger partial charge is 0.101 e. The first-order valence-corrected chi connectivity index (χ1v) is 16.3. The average Bonchev–Trinajstić information content (AvgIpc) is 3.70. The van der Waals surface area contributed by atoms with Crippen LogP contribution in [0.2, 0.25) is 0 Å². The third-order valence-electron chi connectivity index (χ3n) is 9.63. The van der Waals surface area contributed by atoms with E-state index in [4.69, 9.17) is 0 Å². The van der Waals surface area contributed by atoms with E-state index in [1.807, 2.05) is 84.9 Å². The molecule has 0 atom stereocenters. The van der Waals surface area contributed by atoms with E-state index in [-0.39, 0.29) is 0 Å². The molecule has 0 aliphatic heterocycles. The standard InChI is InChI=1S/C45H25N5/c46-26-29-22-23-42-39(24-29)36-16-4-5-19-40(36)49(42)33-13-7-10-30(25-33)34-14-1-2-17-37(34)44-31(27-47)11-9-21-43(44)50-41-20-6-3-15-35(41)38-18-8-12-32(28-48)45(38)50/h1-25H. The molecule has 9 aromatic rings. The van der Waals surface area contributed by atoms with Crippen LogP contribution in [0.5, 0.6) is 0 Å². The van der Waals surface area contributed by atoms with Gasteiger partial charge in [0.1, 0.15) is 6.07 Å². The van der Waals surface area contributed by atoms with Gasteiger partial charge in [-0.1, -0.05) is 91.0 Å². The number of para-hydroxylation sites is 3. The monoisotopic (exact) mass is 635 g/mol. The Hall–Kier alpha value is -7.39. The van der Waals surface area contributed by atoms with Gasteiger partial charge in [0.2, 0.25) is 0 Å². The average molecular weight is 636 g/mol. The maximum Gasteiger partial charge on any atom is 0.101 e. The lowest BCUT2D eigenvalue weighted by molar-refractivity contribution is 1.17. The van der Waals surface area contributed by atoms with Crippen LogP contribution < -0.4 is 0 Å². The Morgan fingerprint density at radius 2 is 1.04 bits per heavy atom. The maximum absolute atomic E-state index is 10.6. The summed E-state index contributed by atoms with van der Waals surface area (Å²) < 4.78 is 4.38. The summed E-state index contributed by atoms with van der Waals surface area (Å²) in [6.07, 6.45) is 0. The number of rotatable bonds is 4. The Balaban J connectivity index is 1.31. The topological polar surface area (TPSA) is 81.2 Å². The van der Waals surface area contributed by atoms with Gasteiger partial charge in [0.25, 0.3) is 0 Å². The number of nitrogens with zero attached hydrogens (tertiary/aromatic N) is 5. The molecule has 0 spiro atoms. The first kappa shape index (κ1) is 28.8. The molecule has 0 unspecified atom stereocenters. The molecule has 0 bridgehead atoms. The van der Waals surface area contributed by atoms with Crippen LogP contribution >= 0.6 is 0 Å². The lowest BCUT2D eigenvalue weighted by Gasteiger charge is -2.19. The molecule has 2 aromatic heterocycles. The minimum atomic E-state index is 0.544. The van der Waals surface area contributed by atoms with Crippen LogP contribution in [0.25, 0.3) is 77.2 Å². The molecule has 0 aliphatic carbocycles. The van der Waals surface area contributed by atoms with E-state index in [0.717, 1.165) is 77.2 Å². The van der Waals surface area contributed by atoms with Crippen molar-refractivity contribution in [3.8, 4) is 51.8 Å². The molecule has 5 heteroatoms. The lowest BCUT2D eigenvalue weighted by Crippen LogP contribution is -2.01. The highest BCUT2D eigenvalue weighted by Gasteiger charge is 2.22. The molecule has 7 aromatic carbocycles. The Kier molecular flexibility index (Phi) is 6.56. The first-order chi connectivity index (χ1) is 24.7. The fraction of sp³-hybridized carbons (Fsp3) is 0. The summed E-state index contributed by atoms with van der Waals surface area (Å²) in [5, 5.41) is 34.6. The van der Waals surface area contributed by atoms with Crippen molar-refractivity contribution in [1.82, 2.24) is 9.13 Å². The van der Waals surface area contributed by atoms with Crippen molar-refractivity contribution in [2.45, 2.75) is 0 Å². The summed E-state index contributed by atoms with van der Waals surface area (Å²) in [5.74, 6) is 0. The minimum absolute atomic E-state index is 0.544. The van der Waals surface area contributed by atoms with Crippen molar-refractivity contribution in [1.29, 1.82) is 15.8 Å². The molecule has 0 amide bonds. The predicted octanol–water partition coefficient (Wildman–Crippen LogP) is 10.8. The zero-order chi connectivity index (χ0) is 33.8. The van der Waals surface area contributed by atoms with Crippen molar-refractivity contribution in [3.63, 3.8) is 0 Å². The highest BCUT2D eigenvalue weighted by molar-refractivity contribution is 6.12. The zero-order valence-corrected chi connectivity index (χ0v) is 26.7. The van der Waals surface area contributed by atoms with E-state index in [1.165, 1.54) is 0 Å². The number of fused-ring (bicyclic) bond motifs is 6. The van der Waals surface area contributed by atoms with Crippen LogP contribution in [0.3, 0.4) is 0 Å². The molecule has 9 rings (SSSR count). The quantitative estimate of drug-likeness (QED) is 0.193. The third-order valence-corrected chi connectivity index (χ3v) is 9.63. The van der Waals surface area contributed by atoms with Crippen LogP contribution in [0.15, 0.2) is 152 Å². The van der Waals surface area contributed by atoms with Gasteiger partial charge >= 0.3 is 0 Å². The molecule has 0 aliphatic rings. The molecule has 2 heterocycles. The van der Waals surface area contributed by atoms with Crippen LogP contribution in [-0.2, 0) is 0 Å². The lowest BCUT2D eigenvalue weighted by atomic mass is 9.90. The second-order valence-electron chi connectivity index (χ2n) is 12.3. The van der Waals surface area contributed by atoms with Gasteiger partial charge in [-0.3, -0.25) is 0 Å². The maximum atomic E-state index is 10.6. The van der Waals surface area contributed by atoms with E-state index >= 15 is 0 Å². The minimum Gasteiger partial charge on any atom is -0.309 e. The first-order valence-electron chi connectivity index (χ1n) is 16.3. The Morgan fingerprint density at radius 1 is 0.420 bits per heavy atom. The van der Waals surface area contributed by atoms with Crippen molar-refractivity contribution in [2.24, 2.45) is 0 Å². The van der Waals surface area contributed by atoms with Crippen molar-refractivity contribution >= 4 is 43.6 Å². The highest BCUT2D eigenvalue weighted by Crippen LogP contribution is 2.42. The van der Waals surface area contributed by atoms with Gasteiger partial charge in [-0.2, -0.15) is 15.8 Å². The summed E-state index contributed by atoms with van der Waals surface area (Å²) in [6, 6.07) is 57.8. The van der Waals surface area contributed by atoms with Crippen LogP contribution in [0.4, 0.5) is 0 Å². The molecule has 0 fully saturated rings.